The van der Waals surface area contributed by atoms with Crippen molar-refractivity contribution in [3.8, 4) is 16.9 Å². The van der Waals surface area contributed by atoms with Crippen LogP contribution in [0.4, 0.5) is 9.18 Å². The minimum atomic E-state index is -0.553. The lowest BCUT2D eigenvalue weighted by molar-refractivity contribution is 0.0528. The molecular weight excluding hydrogens is 499 g/mol. The molecule has 0 spiro atoms. The van der Waals surface area contributed by atoms with Gasteiger partial charge in [-0.05, 0) is 59.0 Å². The highest BCUT2D eigenvalue weighted by atomic mass is 19.1. The van der Waals surface area contributed by atoms with E-state index in [0.29, 0.717) is 38.3 Å². The Morgan fingerprint density at radius 1 is 1.15 bits per heavy atom. The van der Waals surface area contributed by atoms with Crippen LogP contribution in [-0.4, -0.2) is 51.1 Å². The second kappa shape index (κ2) is 11.9. The van der Waals surface area contributed by atoms with Crippen molar-refractivity contribution < 1.29 is 18.7 Å². The third kappa shape index (κ3) is 6.94. The maximum absolute atomic E-state index is 14.3. The van der Waals surface area contributed by atoms with Gasteiger partial charge in [0.05, 0.1) is 12.3 Å². The summed E-state index contributed by atoms with van der Waals surface area (Å²) in [6, 6.07) is 8.44. The van der Waals surface area contributed by atoms with Gasteiger partial charge in [0, 0.05) is 79.5 Å². The standard InChI is InChI=1S/C29H37FN6O3/c1-19-23(25(17-31-5)34-35(19)6)12-14-38-26-15-21(30)8-9-24(26)20-7-10-27-33-16-22(36(27)18-20)11-13-32-28(37)39-29(2,3)4/h7-10,15-16,18,31H,11-14,17H2,1-6H3,(H,32,37). The van der Waals surface area contributed by atoms with Gasteiger partial charge in [0.1, 0.15) is 22.8 Å². The fourth-order valence-corrected chi connectivity index (χ4v) is 4.45. The largest absolute Gasteiger partial charge is 0.492 e. The van der Waals surface area contributed by atoms with Crippen LogP contribution in [0.15, 0.2) is 42.7 Å². The number of amides is 1. The van der Waals surface area contributed by atoms with E-state index in [-0.39, 0.29) is 5.82 Å². The van der Waals surface area contributed by atoms with E-state index in [1.807, 2.05) is 69.2 Å². The van der Waals surface area contributed by atoms with Gasteiger partial charge in [0.25, 0.3) is 0 Å². The number of hydrogen-bond acceptors (Lipinski definition) is 6. The van der Waals surface area contributed by atoms with Crippen LogP contribution >= 0.6 is 0 Å². The van der Waals surface area contributed by atoms with E-state index >= 15 is 0 Å². The van der Waals surface area contributed by atoms with Gasteiger partial charge in [0.15, 0.2) is 0 Å². The van der Waals surface area contributed by atoms with Crippen molar-refractivity contribution in [2.24, 2.45) is 7.05 Å². The minimum Gasteiger partial charge on any atom is -0.492 e. The molecule has 0 bridgehead atoms. The predicted octanol–water partition coefficient (Wildman–Crippen LogP) is 4.59. The van der Waals surface area contributed by atoms with Crippen molar-refractivity contribution in [1.82, 2.24) is 29.8 Å². The topological polar surface area (TPSA) is 94.7 Å². The first kappa shape index (κ1) is 28.1. The van der Waals surface area contributed by atoms with E-state index in [0.717, 1.165) is 39.4 Å². The summed E-state index contributed by atoms with van der Waals surface area (Å²) >= 11 is 0. The summed E-state index contributed by atoms with van der Waals surface area (Å²) in [5, 5.41) is 10.5. The summed E-state index contributed by atoms with van der Waals surface area (Å²) in [5.41, 5.74) is 6.00. The molecule has 0 saturated heterocycles. The summed E-state index contributed by atoms with van der Waals surface area (Å²) in [4.78, 5) is 16.5. The van der Waals surface area contributed by atoms with Crippen LogP contribution in [0, 0.1) is 12.7 Å². The Hall–Kier alpha value is -3.92. The minimum absolute atomic E-state index is 0.361. The number of aromatic nitrogens is 4. The number of halogens is 1. The number of carbonyl (C=O) groups excluding carboxylic acids is 1. The lowest BCUT2D eigenvalue weighted by Gasteiger charge is -2.19. The maximum Gasteiger partial charge on any atom is 0.407 e. The Labute approximate surface area is 228 Å². The molecule has 39 heavy (non-hydrogen) atoms. The molecule has 2 N–H and O–H groups in total. The number of imidazole rings is 1. The van der Waals surface area contributed by atoms with Gasteiger partial charge in [-0.25, -0.2) is 14.2 Å². The van der Waals surface area contributed by atoms with Crippen LogP contribution in [0.5, 0.6) is 5.75 Å². The molecule has 10 heteroatoms. The molecule has 0 unspecified atom stereocenters. The van der Waals surface area contributed by atoms with Crippen molar-refractivity contribution in [2.45, 2.75) is 52.7 Å². The smallest absolute Gasteiger partial charge is 0.407 e. The van der Waals surface area contributed by atoms with Crippen LogP contribution in [0.1, 0.15) is 43.4 Å². The summed E-state index contributed by atoms with van der Waals surface area (Å²) < 4.78 is 29.6. The molecule has 9 nitrogen and oxygen atoms in total. The average Bonchev–Trinajstić information content (AvgIpc) is 3.38. The third-order valence-corrected chi connectivity index (χ3v) is 6.38. The van der Waals surface area contributed by atoms with Crippen LogP contribution < -0.4 is 15.4 Å². The molecule has 1 aromatic carbocycles. The monoisotopic (exact) mass is 536 g/mol. The number of alkyl carbamates (subject to hydrolysis) is 1. The summed E-state index contributed by atoms with van der Waals surface area (Å²) in [5.74, 6) is 0.110. The molecule has 0 atom stereocenters. The first-order valence-corrected chi connectivity index (χ1v) is 13.1. The zero-order chi connectivity index (χ0) is 28.2. The number of ether oxygens (including phenoxy) is 2. The van der Waals surface area contributed by atoms with Crippen LogP contribution in [0.25, 0.3) is 16.8 Å². The summed E-state index contributed by atoms with van der Waals surface area (Å²) in [6.45, 7) is 8.97. The van der Waals surface area contributed by atoms with Gasteiger partial charge in [0.2, 0.25) is 0 Å². The van der Waals surface area contributed by atoms with E-state index in [1.54, 1.807) is 12.3 Å². The molecule has 0 aliphatic rings. The number of pyridine rings is 1. The Bertz CT molecular complexity index is 1450. The third-order valence-electron chi connectivity index (χ3n) is 6.38. The number of nitrogens with zero attached hydrogens (tertiary/aromatic N) is 4. The van der Waals surface area contributed by atoms with Crippen LogP contribution in [0.2, 0.25) is 0 Å². The van der Waals surface area contributed by atoms with Gasteiger partial charge >= 0.3 is 6.09 Å². The van der Waals surface area contributed by atoms with Crippen molar-refractivity contribution in [3.63, 3.8) is 0 Å². The summed E-state index contributed by atoms with van der Waals surface area (Å²) in [7, 11) is 3.82. The lowest BCUT2D eigenvalue weighted by Crippen LogP contribution is -2.33. The van der Waals surface area contributed by atoms with Crippen molar-refractivity contribution in [2.75, 3.05) is 20.2 Å². The maximum atomic E-state index is 14.3. The molecular formula is C29H37FN6O3. The normalized spacial score (nSPS) is 11.7. The number of nitrogens with one attached hydrogen (secondary N) is 2. The van der Waals surface area contributed by atoms with Gasteiger partial charge < -0.3 is 24.5 Å². The Morgan fingerprint density at radius 2 is 1.95 bits per heavy atom. The molecule has 4 rings (SSSR count). The van der Waals surface area contributed by atoms with E-state index < -0.39 is 11.7 Å². The van der Waals surface area contributed by atoms with Gasteiger partial charge in [-0.2, -0.15) is 5.10 Å². The van der Waals surface area contributed by atoms with Crippen LogP contribution in [-0.2, 0) is 31.2 Å². The van der Waals surface area contributed by atoms with E-state index in [4.69, 9.17) is 9.47 Å². The van der Waals surface area contributed by atoms with Crippen LogP contribution in [0.3, 0.4) is 0 Å². The number of aryl methyl sites for hydroxylation is 1. The molecule has 208 valence electrons. The number of benzene rings is 1. The average molecular weight is 537 g/mol. The molecule has 3 aromatic heterocycles. The molecule has 0 aliphatic carbocycles. The molecule has 1 amide bonds. The highest BCUT2D eigenvalue weighted by Crippen LogP contribution is 2.31. The second-order valence-electron chi connectivity index (χ2n) is 10.5. The number of fused-ring (bicyclic) bond motifs is 1. The fourth-order valence-electron chi connectivity index (χ4n) is 4.45. The van der Waals surface area contributed by atoms with E-state index in [2.05, 4.69) is 20.7 Å². The van der Waals surface area contributed by atoms with E-state index in [9.17, 15) is 9.18 Å². The fraction of sp³-hybridized carbons (Fsp3) is 0.414. The highest BCUT2D eigenvalue weighted by molar-refractivity contribution is 5.71. The SMILES string of the molecule is CNCc1nn(C)c(C)c1CCOc1cc(F)ccc1-c1ccc2ncc(CCNC(=O)OC(C)(C)C)n2c1. The number of hydrogen-bond donors (Lipinski definition) is 2. The number of carbonyl (C=O) groups is 1. The highest BCUT2D eigenvalue weighted by Gasteiger charge is 2.17. The molecule has 4 aromatic rings. The van der Waals surface area contributed by atoms with Crippen molar-refractivity contribution in [1.29, 1.82) is 0 Å². The molecule has 0 aliphatic heterocycles. The Kier molecular flexibility index (Phi) is 8.54. The van der Waals surface area contributed by atoms with Crippen molar-refractivity contribution in [3.05, 3.63) is 71.2 Å². The second-order valence-corrected chi connectivity index (χ2v) is 10.5. The first-order chi connectivity index (χ1) is 18.6. The van der Waals surface area contributed by atoms with Crippen molar-refractivity contribution >= 4 is 11.7 Å². The lowest BCUT2D eigenvalue weighted by atomic mass is 10.1. The predicted molar refractivity (Wildman–Crippen MR) is 148 cm³/mol. The zero-order valence-electron chi connectivity index (χ0n) is 23.5. The van der Waals surface area contributed by atoms with E-state index in [1.165, 1.54) is 12.1 Å². The quantitative estimate of drug-likeness (QED) is 0.308. The molecule has 3 heterocycles. The van der Waals surface area contributed by atoms with Gasteiger partial charge in [-0.3, -0.25) is 4.68 Å². The zero-order valence-corrected chi connectivity index (χ0v) is 23.5. The first-order valence-electron chi connectivity index (χ1n) is 13.1. The van der Waals surface area contributed by atoms with Gasteiger partial charge in [-0.15, -0.1) is 0 Å². The molecule has 0 fully saturated rings. The number of rotatable bonds is 10. The summed E-state index contributed by atoms with van der Waals surface area (Å²) in [6.07, 6.45) is 4.51. The molecule has 0 radical (unpaired) electrons. The Balaban J connectivity index is 1.50. The van der Waals surface area contributed by atoms with Gasteiger partial charge in [-0.1, -0.05) is 0 Å². The molecule has 0 saturated carbocycles. The Morgan fingerprint density at radius 3 is 2.69 bits per heavy atom.